The van der Waals surface area contributed by atoms with E-state index >= 15 is 0 Å². The summed E-state index contributed by atoms with van der Waals surface area (Å²) >= 11 is 0. The van der Waals surface area contributed by atoms with Crippen LogP contribution in [-0.4, -0.2) is 18.0 Å². The maximum absolute atomic E-state index is 6.11. The van der Waals surface area contributed by atoms with Gasteiger partial charge in [-0.05, 0) is 61.7 Å². The molecule has 4 aliphatic carbocycles. The van der Waals surface area contributed by atoms with Crippen molar-refractivity contribution in [2.75, 3.05) is 6.54 Å². The van der Waals surface area contributed by atoms with Gasteiger partial charge in [0.25, 0.3) is 0 Å². The van der Waals surface area contributed by atoms with Crippen LogP contribution < -0.4 is 11.1 Å². The lowest BCUT2D eigenvalue weighted by Crippen LogP contribution is -2.66. The summed E-state index contributed by atoms with van der Waals surface area (Å²) in [6.07, 6.45) is 9.21. The topological polar surface area (TPSA) is 50.4 Å². The lowest BCUT2D eigenvalue weighted by molar-refractivity contribution is -0.112. The highest BCUT2D eigenvalue weighted by Crippen LogP contribution is 2.66. The molecule has 0 spiro atoms. The zero-order chi connectivity index (χ0) is 13.7. The summed E-state index contributed by atoms with van der Waals surface area (Å²) in [5, 5.41) is 3.64. The molecule has 4 rings (SSSR count). The van der Waals surface area contributed by atoms with E-state index in [-0.39, 0.29) is 5.54 Å². The fraction of sp³-hybridized carbons (Fsp3) is 0.938. The van der Waals surface area contributed by atoms with Crippen LogP contribution in [0.4, 0.5) is 0 Å². The molecule has 0 aromatic carbocycles. The molecule has 2 atom stereocenters. The van der Waals surface area contributed by atoms with Crippen LogP contribution in [0.15, 0.2) is 4.99 Å². The largest absolute Gasteiger partial charge is 0.370 e. The van der Waals surface area contributed by atoms with E-state index in [0.717, 1.165) is 18.9 Å². The van der Waals surface area contributed by atoms with Crippen LogP contribution in [0.25, 0.3) is 0 Å². The summed E-state index contributed by atoms with van der Waals surface area (Å²) in [5.41, 5.74) is 7.41. The second kappa shape index (κ2) is 4.13. The van der Waals surface area contributed by atoms with Crippen molar-refractivity contribution in [3.05, 3.63) is 0 Å². The number of aliphatic imine (C=N–C) groups is 1. The molecule has 0 aromatic rings. The van der Waals surface area contributed by atoms with Crippen molar-refractivity contribution in [2.45, 2.75) is 71.3 Å². The van der Waals surface area contributed by atoms with E-state index < -0.39 is 0 Å². The minimum absolute atomic E-state index is 0.240. The monoisotopic (exact) mass is 263 g/mol. The second-order valence-electron chi connectivity index (χ2n) is 8.30. The molecule has 108 valence electrons. The summed E-state index contributed by atoms with van der Waals surface area (Å²) in [6.45, 7) is 7.97. The summed E-state index contributed by atoms with van der Waals surface area (Å²) in [4.78, 5) is 4.45. The van der Waals surface area contributed by atoms with Gasteiger partial charge in [-0.1, -0.05) is 20.8 Å². The van der Waals surface area contributed by atoms with Crippen LogP contribution in [0.5, 0.6) is 0 Å². The minimum Gasteiger partial charge on any atom is -0.370 e. The summed E-state index contributed by atoms with van der Waals surface area (Å²) in [5.74, 6) is 1.58. The van der Waals surface area contributed by atoms with Crippen LogP contribution >= 0.6 is 0 Å². The van der Waals surface area contributed by atoms with Gasteiger partial charge in [0.1, 0.15) is 0 Å². The Kier molecular flexibility index (Phi) is 2.88. The van der Waals surface area contributed by atoms with Crippen molar-refractivity contribution in [2.24, 2.45) is 27.5 Å². The van der Waals surface area contributed by atoms with E-state index in [4.69, 9.17) is 5.73 Å². The van der Waals surface area contributed by atoms with Crippen molar-refractivity contribution in [3.8, 4) is 0 Å². The summed E-state index contributed by atoms with van der Waals surface area (Å²) in [6, 6.07) is 0. The first-order valence-electron chi connectivity index (χ1n) is 7.94. The molecule has 4 fully saturated rings. The van der Waals surface area contributed by atoms with Crippen LogP contribution in [0.2, 0.25) is 0 Å². The Morgan fingerprint density at radius 2 is 1.79 bits per heavy atom. The lowest BCUT2D eigenvalue weighted by atomic mass is 9.43. The third kappa shape index (κ3) is 2.36. The quantitative estimate of drug-likeness (QED) is 0.607. The molecule has 19 heavy (non-hydrogen) atoms. The van der Waals surface area contributed by atoms with Crippen molar-refractivity contribution >= 4 is 5.96 Å². The van der Waals surface area contributed by atoms with E-state index in [1.165, 1.54) is 38.5 Å². The standard InChI is InChI=1S/C16H29N3/c1-4-5-18-13(17)19-16-8-12-6-14(2,10-16)9-15(3,7-12)11-16/h12H,4-11H2,1-3H3,(H3,17,18,19). The number of guanidine groups is 1. The van der Waals surface area contributed by atoms with Gasteiger partial charge in [0.05, 0.1) is 0 Å². The molecule has 0 heterocycles. The van der Waals surface area contributed by atoms with Gasteiger partial charge in [-0.2, -0.15) is 0 Å². The molecule has 0 saturated heterocycles. The average Bonchev–Trinajstić information content (AvgIpc) is 2.20. The van der Waals surface area contributed by atoms with Gasteiger partial charge in [0.2, 0.25) is 0 Å². The highest BCUT2D eigenvalue weighted by molar-refractivity contribution is 5.78. The Morgan fingerprint density at radius 1 is 1.16 bits per heavy atom. The first-order valence-corrected chi connectivity index (χ1v) is 7.94. The molecule has 4 bridgehead atoms. The molecule has 0 amide bonds. The molecule has 4 saturated carbocycles. The first kappa shape index (κ1) is 13.3. The van der Waals surface area contributed by atoms with E-state index in [1.807, 2.05) is 0 Å². The van der Waals surface area contributed by atoms with Gasteiger partial charge < -0.3 is 11.1 Å². The number of nitrogens with two attached hydrogens (primary N) is 1. The van der Waals surface area contributed by atoms with E-state index in [9.17, 15) is 0 Å². The van der Waals surface area contributed by atoms with Crippen molar-refractivity contribution in [1.82, 2.24) is 5.32 Å². The normalized spacial score (nSPS) is 48.6. The Bertz CT molecular complexity index is 383. The maximum atomic E-state index is 6.11. The molecule has 4 aliphatic rings. The van der Waals surface area contributed by atoms with Crippen LogP contribution in [0, 0.1) is 16.7 Å². The van der Waals surface area contributed by atoms with Gasteiger partial charge in [-0.25, -0.2) is 0 Å². The van der Waals surface area contributed by atoms with Gasteiger partial charge in [-0.15, -0.1) is 0 Å². The average molecular weight is 263 g/mol. The SMILES string of the molecule is CCCN=C(N)NC12CC3CC(C)(CC(C)(C3)C1)C2. The zero-order valence-corrected chi connectivity index (χ0v) is 12.8. The lowest BCUT2D eigenvalue weighted by Gasteiger charge is -2.65. The van der Waals surface area contributed by atoms with Crippen LogP contribution in [-0.2, 0) is 0 Å². The van der Waals surface area contributed by atoms with E-state index in [2.05, 4.69) is 31.1 Å². The third-order valence-electron chi connectivity index (χ3n) is 5.53. The predicted molar refractivity (Wildman–Crippen MR) is 80.1 cm³/mol. The van der Waals surface area contributed by atoms with Gasteiger partial charge >= 0.3 is 0 Å². The predicted octanol–water partition coefficient (Wildman–Crippen LogP) is 3.05. The number of hydrogen-bond donors (Lipinski definition) is 2. The van der Waals surface area contributed by atoms with Gasteiger partial charge in [0.15, 0.2) is 5.96 Å². The fourth-order valence-electron chi connectivity index (χ4n) is 6.13. The molecule has 3 nitrogen and oxygen atoms in total. The number of rotatable bonds is 3. The Balaban J connectivity index is 1.81. The van der Waals surface area contributed by atoms with E-state index in [1.54, 1.807) is 0 Å². The third-order valence-corrected chi connectivity index (χ3v) is 5.53. The zero-order valence-electron chi connectivity index (χ0n) is 12.8. The smallest absolute Gasteiger partial charge is 0.189 e. The molecular formula is C16H29N3. The molecule has 2 unspecified atom stereocenters. The minimum atomic E-state index is 0.240. The second-order valence-corrected chi connectivity index (χ2v) is 8.30. The molecule has 3 N–H and O–H groups in total. The van der Waals surface area contributed by atoms with Gasteiger partial charge in [0, 0.05) is 12.1 Å². The number of hydrogen-bond acceptors (Lipinski definition) is 1. The first-order chi connectivity index (χ1) is 8.86. The highest BCUT2D eigenvalue weighted by Gasteiger charge is 2.60. The Morgan fingerprint density at radius 3 is 2.32 bits per heavy atom. The van der Waals surface area contributed by atoms with Crippen LogP contribution in [0.1, 0.15) is 65.7 Å². The molecule has 0 aromatic heterocycles. The van der Waals surface area contributed by atoms with E-state index in [0.29, 0.717) is 16.8 Å². The summed E-state index contributed by atoms with van der Waals surface area (Å²) < 4.78 is 0. The Hall–Kier alpha value is -0.730. The van der Waals surface area contributed by atoms with Crippen molar-refractivity contribution < 1.29 is 0 Å². The molecular weight excluding hydrogens is 234 g/mol. The van der Waals surface area contributed by atoms with Crippen molar-refractivity contribution in [3.63, 3.8) is 0 Å². The van der Waals surface area contributed by atoms with Crippen LogP contribution in [0.3, 0.4) is 0 Å². The highest BCUT2D eigenvalue weighted by atomic mass is 15.2. The Labute approximate surface area is 117 Å². The van der Waals surface area contributed by atoms with Gasteiger partial charge in [-0.3, -0.25) is 4.99 Å². The summed E-state index contributed by atoms with van der Waals surface area (Å²) in [7, 11) is 0. The van der Waals surface area contributed by atoms with Crippen molar-refractivity contribution in [1.29, 1.82) is 0 Å². The molecule has 0 radical (unpaired) electrons. The fourth-order valence-corrected chi connectivity index (χ4v) is 6.13. The maximum Gasteiger partial charge on any atom is 0.189 e. The molecule has 3 heteroatoms. The molecule has 0 aliphatic heterocycles. The number of nitrogens with zero attached hydrogens (tertiary/aromatic N) is 1. The number of nitrogens with one attached hydrogen (secondary N) is 1.